The number of pyridine rings is 2. The summed E-state index contributed by atoms with van der Waals surface area (Å²) in [6.07, 6.45) is 0.968. The van der Waals surface area contributed by atoms with E-state index in [1.54, 1.807) is 12.1 Å². The predicted octanol–water partition coefficient (Wildman–Crippen LogP) is -0.110. The average molecular weight is 410 g/mol. The van der Waals surface area contributed by atoms with E-state index in [9.17, 15) is 19.2 Å². The van der Waals surface area contributed by atoms with E-state index in [2.05, 4.69) is 31.2 Å². The first kappa shape index (κ1) is 20.9. The van der Waals surface area contributed by atoms with Gasteiger partial charge in [-0.1, -0.05) is 12.1 Å². The third-order valence-electron chi connectivity index (χ3n) is 4.28. The van der Waals surface area contributed by atoms with Crippen molar-refractivity contribution in [1.82, 2.24) is 31.2 Å². The summed E-state index contributed by atoms with van der Waals surface area (Å²) in [6, 6.07) is 9.26. The molecule has 4 amide bonds. The lowest BCUT2D eigenvalue weighted by atomic mass is 10.2. The second-order valence-electron chi connectivity index (χ2n) is 6.55. The number of carbonyl (C=O) groups excluding carboxylic acids is 4. The number of fused-ring (bicyclic) bond motifs is 4. The lowest BCUT2D eigenvalue weighted by molar-refractivity contribution is 0.0938. The zero-order chi connectivity index (χ0) is 21.3. The zero-order valence-electron chi connectivity index (χ0n) is 16.2. The monoisotopic (exact) mass is 410 g/mol. The van der Waals surface area contributed by atoms with E-state index >= 15 is 0 Å². The molecule has 1 aliphatic heterocycles. The van der Waals surface area contributed by atoms with Gasteiger partial charge in [0, 0.05) is 26.2 Å². The number of nitrogens with zero attached hydrogens (tertiary/aromatic N) is 2. The largest absolute Gasteiger partial charge is 0.351 e. The van der Waals surface area contributed by atoms with Gasteiger partial charge in [-0.3, -0.25) is 19.2 Å². The van der Waals surface area contributed by atoms with Crippen LogP contribution in [0.25, 0.3) is 0 Å². The second kappa shape index (κ2) is 10.1. The van der Waals surface area contributed by atoms with E-state index in [0.29, 0.717) is 39.0 Å². The molecule has 4 N–H and O–H groups in total. The van der Waals surface area contributed by atoms with Gasteiger partial charge < -0.3 is 21.3 Å². The van der Waals surface area contributed by atoms with Crippen molar-refractivity contribution in [2.45, 2.75) is 12.8 Å². The van der Waals surface area contributed by atoms with Crippen LogP contribution in [0, 0.1) is 0 Å². The topological polar surface area (TPSA) is 142 Å². The quantitative estimate of drug-likeness (QED) is 0.477. The van der Waals surface area contributed by atoms with Gasteiger partial charge in [-0.05, 0) is 37.1 Å². The van der Waals surface area contributed by atoms with Crippen LogP contribution < -0.4 is 21.3 Å². The maximum Gasteiger partial charge on any atom is 0.269 e. The van der Waals surface area contributed by atoms with Crippen molar-refractivity contribution in [2.24, 2.45) is 0 Å². The van der Waals surface area contributed by atoms with Gasteiger partial charge in [0.05, 0.1) is 0 Å². The van der Waals surface area contributed by atoms with E-state index in [4.69, 9.17) is 0 Å². The van der Waals surface area contributed by atoms with Crippen LogP contribution in [0.5, 0.6) is 0 Å². The number of carbonyl (C=O) groups is 4. The summed E-state index contributed by atoms with van der Waals surface area (Å²) in [5, 5.41) is 10.8. The molecule has 3 heterocycles. The van der Waals surface area contributed by atoms with Crippen LogP contribution in [0.2, 0.25) is 0 Å². The number of amides is 4. The maximum atomic E-state index is 12.2. The Kier molecular flexibility index (Phi) is 7.04. The van der Waals surface area contributed by atoms with Gasteiger partial charge in [-0.15, -0.1) is 0 Å². The molecule has 3 rings (SSSR count). The Bertz CT molecular complexity index is 818. The first-order valence-electron chi connectivity index (χ1n) is 9.61. The highest BCUT2D eigenvalue weighted by molar-refractivity contribution is 5.97. The van der Waals surface area contributed by atoms with E-state index in [1.807, 2.05) is 0 Å². The van der Waals surface area contributed by atoms with E-state index < -0.39 is 23.6 Å². The predicted molar refractivity (Wildman–Crippen MR) is 107 cm³/mol. The molecule has 0 atom stereocenters. The Morgan fingerprint density at radius 3 is 1.03 bits per heavy atom. The van der Waals surface area contributed by atoms with E-state index in [0.717, 1.165) is 0 Å². The van der Waals surface area contributed by atoms with Crippen molar-refractivity contribution in [3.8, 4) is 0 Å². The summed E-state index contributed by atoms with van der Waals surface area (Å²) in [4.78, 5) is 57.1. The van der Waals surface area contributed by atoms with Gasteiger partial charge in [0.2, 0.25) is 0 Å². The third kappa shape index (κ3) is 5.60. The third-order valence-corrected chi connectivity index (χ3v) is 4.28. The molecule has 0 aromatic carbocycles. The summed E-state index contributed by atoms with van der Waals surface area (Å²) in [5.41, 5.74) is 0.535. The lowest BCUT2D eigenvalue weighted by Gasteiger charge is -2.10. The van der Waals surface area contributed by atoms with Gasteiger partial charge in [0.25, 0.3) is 23.6 Å². The van der Waals surface area contributed by atoms with Crippen LogP contribution in [0.3, 0.4) is 0 Å². The fourth-order valence-electron chi connectivity index (χ4n) is 2.72. The van der Waals surface area contributed by atoms with E-state index in [-0.39, 0.29) is 22.8 Å². The molecular weight excluding hydrogens is 388 g/mol. The number of hydrogen-bond donors (Lipinski definition) is 4. The van der Waals surface area contributed by atoms with Crippen LogP contribution in [0.15, 0.2) is 36.4 Å². The first-order valence-corrected chi connectivity index (χ1v) is 9.61. The lowest BCUT2D eigenvalue weighted by Crippen LogP contribution is -2.33. The Balaban J connectivity index is 1.71. The summed E-state index contributed by atoms with van der Waals surface area (Å²) < 4.78 is 0. The molecule has 10 heteroatoms. The maximum absolute atomic E-state index is 12.2. The standard InChI is InChI=1S/C20H22N6O4/c27-17-13-5-1-6-14(25-13)18(28)22-10-4-12-24-20(30)16-8-2-7-15(26-16)19(29)23-11-3-9-21-17/h1-2,5-8H,3-4,9-12H2,(H,21,27)(H,22,28)(H,23,29)(H,24,30). The Morgan fingerprint density at radius 1 is 0.500 bits per heavy atom. The van der Waals surface area contributed by atoms with Gasteiger partial charge >= 0.3 is 0 Å². The molecule has 4 bridgehead atoms. The van der Waals surface area contributed by atoms with Gasteiger partial charge in [-0.2, -0.15) is 0 Å². The summed E-state index contributed by atoms with van der Waals surface area (Å²) >= 11 is 0. The molecule has 30 heavy (non-hydrogen) atoms. The van der Waals surface area contributed by atoms with Crippen LogP contribution in [-0.2, 0) is 0 Å². The van der Waals surface area contributed by atoms with Crippen LogP contribution in [0.1, 0.15) is 54.8 Å². The van der Waals surface area contributed by atoms with Crippen LogP contribution >= 0.6 is 0 Å². The van der Waals surface area contributed by atoms with Crippen LogP contribution in [-0.4, -0.2) is 59.8 Å². The summed E-state index contributed by atoms with van der Waals surface area (Å²) in [6.45, 7) is 1.25. The van der Waals surface area contributed by atoms with Gasteiger partial charge in [-0.25, -0.2) is 9.97 Å². The molecule has 0 spiro atoms. The van der Waals surface area contributed by atoms with Crippen molar-refractivity contribution >= 4 is 23.6 Å². The average Bonchev–Trinajstić information content (AvgIpc) is 2.77. The van der Waals surface area contributed by atoms with Crippen LogP contribution in [0.4, 0.5) is 0 Å². The molecule has 0 saturated carbocycles. The molecule has 0 aliphatic carbocycles. The van der Waals surface area contributed by atoms with Gasteiger partial charge in [0.15, 0.2) is 0 Å². The highest BCUT2D eigenvalue weighted by atomic mass is 16.2. The smallest absolute Gasteiger partial charge is 0.269 e. The SMILES string of the molecule is O=C1NCCCNC(=O)c2cccc(n2)C(=O)NCCCNC(=O)c2cccc1n2. The number of nitrogens with one attached hydrogen (secondary N) is 4. The fourth-order valence-corrected chi connectivity index (χ4v) is 2.72. The number of hydrogen-bond acceptors (Lipinski definition) is 6. The molecule has 0 unspecified atom stereocenters. The van der Waals surface area contributed by atoms with Crippen molar-refractivity contribution in [3.05, 3.63) is 59.2 Å². The van der Waals surface area contributed by atoms with Crippen molar-refractivity contribution in [3.63, 3.8) is 0 Å². The molecule has 1 aliphatic rings. The Hall–Kier alpha value is -3.82. The Morgan fingerprint density at radius 2 is 0.767 bits per heavy atom. The Labute approximate surface area is 172 Å². The van der Waals surface area contributed by atoms with Gasteiger partial charge in [0.1, 0.15) is 22.8 Å². The zero-order valence-corrected chi connectivity index (χ0v) is 16.2. The van der Waals surface area contributed by atoms with Crippen molar-refractivity contribution in [1.29, 1.82) is 0 Å². The van der Waals surface area contributed by atoms with E-state index in [1.165, 1.54) is 24.3 Å². The first-order chi connectivity index (χ1) is 14.5. The molecular formula is C20H22N6O4. The molecule has 0 saturated heterocycles. The minimum atomic E-state index is -0.400. The number of aromatic nitrogens is 2. The summed E-state index contributed by atoms with van der Waals surface area (Å²) in [7, 11) is 0. The fraction of sp³-hybridized carbons (Fsp3) is 0.300. The highest BCUT2D eigenvalue weighted by Gasteiger charge is 2.14. The normalized spacial score (nSPS) is 16.5. The minimum absolute atomic E-state index is 0.134. The van der Waals surface area contributed by atoms with Crippen molar-refractivity contribution < 1.29 is 19.2 Å². The molecule has 0 fully saturated rings. The summed E-state index contributed by atoms with van der Waals surface area (Å²) in [5.74, 6) is -1.60. The molecule has 156 valence electrons. The van der Waals surface area contributed by atoms with Crippen molar-refractivity contribution in [2.75, 3.05) is 26.2 Å². The number of rotatable bonds is 0. The minimum Gasteiger partial charge on any atom is -0.351 e. The molecule has 10 nitrogen and oxygen atoms in total. The second-order valence-corrected chi connectivity index (χ2v) is 6.55. The molecule has 2 aromatic rings. The highest BCUT2D eigenvalue weighted by Crippen LogP contribution is 2.02. The molecule has 2 aromatic heterocycles. The molecule has 0 radical (unpaired) electrons.